The zero-order valence-corrected chi connectivity index (χ0v) is 15.2. The minimum atomic E-state index is -0.902. The number of esters is 1. The lowest BCUT2D eigenvalue weighted by Gasteiger charge is -2.42. The molecular formula is C21H22N2O4. The number of fused-ring (bicyclic) bond motifs is 1. The van der Waals surface area contributed by atoms with Gasteiger partial charge in [0.2, 0.25) is 0 Å². The number of rotatable bonds is 5. The number of benzene rings is 2. The molecule has 0 fully saturated rings. The minimum Gasteiger partial charge on any atom is -0.467 e. The molecule has 0 saturated carbocycles. The maximum atomic E-state index is 12.8. The molecule has 6 heteroatoms. The third-order valence-electron chi connectivity index (χ3n) is 4.40. The van der Waals surface area contributed by atoms with Gasteiger partial charge in [-0.1, -0.05) is 67.3 Å². The molecule has 0 spiro atoms. The maximum absolute atomic E-state index is 12.8. The number of methoxy groups -OCH3 is 1. The minimum absolute atomic E-state index is 0.0596. The highest BCUT2D eigenvalue weighted by Gasteiger charge is 2.42. The molecule has 1 unspecified atom stereocenters. The number of amides is 1. The molecule has 6 nitrogen and oxygen atoms in total. The summed E-state index contributed by atoms with van der Waals surface area (Å²) < 4.78 is 10.3. The van der Waals surface area contributed by atoms with Crippen LogP contribution < -0.4 is 0 Å². The van der Waals surface area contributed by atoms with Crippen LogP contribution in [0.2, 0.25) is 0 Å². The molecule has 27 heavy (non-hydrogen) atoms. The van der Waals surface area contributed by atoms with Crippen molar-refractivity contribution in [2.24, 2.45) is 0 Å². The molecule has 1 aliphatic heterocycles. The molecule has 0 radical (unpaired) electrons. The summed E-state index contributed by atoms with van der Waals surface area (Å²) in [5.41, 5.74) is 2.72. The zero-order valence-electron chi connectivity index (χ0n) is 15.2. The number of hydrazine groups is 1. The molecule has 1 heterocycles. The lowest BCUT2D eigenvalue weighted by atomic mass is 9.97. The Bertz CT molecular complexity index is 822. The van der Waals surface area contributed by atoms with Gasteiger partial charge >= 0.3 is 12.1 Å². The summed E-state index contributed by atoms with van der Waals surface area (Å²) in [6, 6.07) is 16.4. The Morgan fingerprint density at radius 3 is 2.56 bits per heavy atom. The third-order valence-corrected chi connectivity index (χ3v) is 4.40. The average molecular weight is 366 g/mol. The predicted octanol–water partition coefficient (Wildman–Crippen LogP) is 3.46. The Kier molecular flexibility index (Phi) is 5.88. The van der Waals surface area contributed by atoms with Crippen molar-refractivity contribution in [3.63, 3.8) is 0 Å². The van der Waals surface area contributed by atoms with Gasteiger partial charge in [0.25, 0.3) is 0 Å². The van der Waals surface area contributed by atoms with Crippen LogP contribution in [-0.4, -0.2) is 35.8 Å². The van der Waals surface area contributed by atoms with E-state index in [0.29, 0.717) is 13.1 Å². The van der Waals surface area contributed by atoms with Crippen LogP contribution >= 0.6 is 0 Å². The van der Waals surface area contributed by atoms with Gasteiger partial charge in [0.1, 0.15) is 6.61 Å². The van der Waals surface area contributed by atoms with Crippen LogP contribution in [0.5, 0.6) is 0 Å². The van der Waals surface area contributed by atoms with Gasteiger partial charge in [0.15, 0.2) is 6.04 Å². The molecule has 0 aliphatic carbocycles. The lowest BCUT2D eigenvalue weighted by molar-refractivity contribution is -0.158. The van der Waals surface area contributed by atoms with Gasteiger partial charge in [0.05, 0.1) is 7.11 Å². The molecule has 2 aromatic rings. The van der Waals surface area contributed by atoms with Crippen molar-refractivity contribution >= 4 is 12.1 Å². The number of carbonyl (C=O) groups is 2. The summed E-state index contributed by atoms with van der Waals surface area (Å²) in [6.45, 7) is 4.55. The molecule has 1 aliphatic rings. The van der Waals surface area contributed by atoms with Gasteiger partial charge < -0.3 is 9.47 Å². The molecule has 0 N–H and O–H groups in total. The molecule has 0 saturated heterocycles. The van der Waals surface area contributed by atoms with Crippen molar-refractivity contribution in [2.75, 3.05) is 13.7 Å². The predicted molar refractivity (Wildman–Crippen MR) is 100 cm³/mol. The van der Waals surface area contributed by atoms with Crippen LogP contribution in [0.1, 0.15) is 22.7 Å². The van der Waals surface area contributed by atoms with Crippen molar-refractivity contribution < 1.29 is 19.1 Å². The topological polar surface area (TPSA) is 59.1 Å². The van der Waals surface area contributed by atoms with E-state index in [1.165, 1.54) is 18.2 Å². The van der Waals surface area contributed by atoms with E-state index >= 15 is 0 Å². The second kappa shape index (κ2) is 8.51. The molecule has 1 amide bonds. The Labute approximate surface area is 158 Å². The first-order valence-electron chi connectivity index (χ1n) is 8.67. The highest BCUT2D eigenvalue weighted by atomic mass is 16.6. The molecule has 1 atom stereocenters. The summed E-state index contributed by atoms with van der Waals surface area (Å²) in [4.78, 5) is 25.4. The van der Waals surface area contributed by atoms with Gasteiger partial charge in [-0.25, -0.2) is 19.6 Å². The normalized spacial score (nSPS) is 16.3. The van der Waals surface area contributed by atoms with Crippen molar-refractivity contribution in [1.82, 2.24) is 10.0 Å². The Hall–Kier alpha value is -3.12. The molecule has 0 aromatic heterocycles. The summed E-state index contributed by atoms with van der Waals surface area (Å²) >= 11 is 0. The smallest absolute Gasteiger partial charge is 0.425 e. The van der Waals surface area contributed by atoms with E-state index in [2.05, 4.69) is 6.58 Å². The van der Waals surface area contributed by atoms with Gasteiger partial charge in [-0.15, -0.1) is 0 Å². The van der Waals surface area contributed by atoms with Crippen LogP contribution in [0.3, 0.4) is 0 Å². The van der Waals surface area contributed by atoms with Gasteiger partial charge in [-0.3, -0.25) is 0 Å². The quantitative estimate of drug-likeness (QED) is 0.599. The molecule has 2 aromatic carbocycles. The van der Waals surface area contributed by atoms with Gasteiger partial charge in [-0.2, -0.15) is 0 Å². The number of ether oxygens (including phenoxy) is 2. The number of carbonyl (C=O) groups excluding carboxylic acids is 2. The lowest BCUT2D eigenvalue weighted by Crippen LogP contribution is -2.53. The van der Waals surface area contributed by atoms with Crippen LogP contribution in [0, 0.1) is 0 Å². The first-order chi connectivity index (χ1) is 13.2. The van der Waals surface area contributed by atoms with E-state index in [4.69, 9.17) is 9.47 Å². The van der Waals surface area contributed by atoms with E-state index in [0.717, 1.165) is 16.7 Å². The summed E-state index contributed by atoms with van der Waals surface area (Å²) in [5.74, 6) is -0.518. The first kappa shape index (κ1) is 18.7. The molecule has 3 rings (SSSR count). The van der Waals surface area contributed by atoms with E-state index in [-0.39, 0.29) is 6.61 Å². The highest BCUT2D eigenvalue weighted by molar-refractivity contribution is 5.83. The van der Waals surface area contributed by atoms with E-state index in [9.17, 15) is 9.59 Å². The fraction of sp³-hybridized carbons (Fsp3) is 0.238. The van der Waals surface area contributed by atoms with E-state index < -0.39 is 18.1 Å². The van der Waals surface area contributed by atoms with Gasteiger partial charge in [-0.05, 0) is 16.7 Å². The summed E-state index contributed by atoms with van der Waals surface area (Å²) in [6.07, 6.45) is 0.875. The van der Waals surface area contributed by atoms with Crippen molar-refractivity contribution in [3.05, 3.63) is 83.9 Å². The third kappa shape index (κ3) is 4.01. The first-order valence-corrected chi connectivity index (χ1v) is 8.67. The summed E-state index contributed by atoms with van der Waals surface area (Å²) in [5, 5.41) is 3.16. The summed E-state index contributed by atoms with van der Waals surface area (Å²) in [7, 11) is 1.31. The number of hydrogen-bond donors (Lipinski definition) is 0. The molecule has 140 valence electrons. The van der Waals surface area contributed by atoms with Gasteiger partial charge in [0, 0.05) is 13.1 Å². The van der Waals surface area contributed by atoms with E-state index in [1.807, 2.05) is 59.6 Å². The van der Waals surface area contributed by atoms with Crippen molar-refractivity contribution in [1.29, 1.82) is 0 Å². The van der Waals surface area contributed by atoms with Crippen LogP contribution in [-0.2, 0) is 27.4 Å². The standard InChI is InChI=1S/C21H22N2O4/c1-3-13-27-21(25)23-19(20(24)26-2)18-12-8-7-11-17(18)15-22(23)14-16-9-5-4-6-10-16/h3-12,19H,1,13-15H2,2H3. The van der Waals surface area contributed by atoms with E-state index in [1.54, 1.807) is 0 Å². The number of hydrogen-bond acceptors (Lipinski definition) is 5. The second-order valence-electron chi connectivity index (χ2n) is 6.14. The average Bonchev–Trinajstić information content (AvgIpc) is 2.71. The van der Waals surface area contributed by atoms with Crippen molar-refractivity contribution in [3.8, 4) is 0 Å². The number of nitrogens with zero attached hydrogens (tertiary/aromatic N) is 2. The molecular weight excluding hydrogens is 344 g/mol. The van der Waals surface area contributed by atoms with Crippen molar-refractivity contribution in [2.45, 2.75) is 19.1 Å². The fourth-order valence-corrected chi connectivity index (χ4v) is 3.19. The molecule has 0 bridgehead atoms. The zero-order chi connectivity index (χ0) is 19.2. The Morgan fingerprint density at radius 1 is 1.15 bits per heavy atom. The Morgan fingerprint density at radius 2 is 1.85 bits per heavy atom. The van der Waals surface area contributed by atoms with Crippen LogP contribution in [0.15, 0.2) is 67.3 Å². The van der Waals surface area contributed by atoms with Crippen LogP contribution in [0.4, 0.5) is 4.79 Å². The largest absolute Gasteiger partial charge is 0.467 e. The monoisotopic (exact) mass is 366 g/mol. The fourth-order valence-electron chi connectivity index (χ4n) is 3.19. The van der Waals surface area contributed by atoms with Crippen LogP contribution in [0.25, 0.3) is 0 Å². The SMILES string of the molecule is C=CCOC(=O)N1C(C(=O)OC)c2ccccc2CN1Cc1ccccc1. The maximum Gasteiger partial charge on any atom is 0.425 e. The Balaban J connectivity index is 2.02. The second-order valence-corrected chi connectivity index (χ2v) is 6.14. The highest BCUT2D eigenvalue weighted by Crippen LogP contribution is 2.34.